The third-order valence-electron chi connectivity index (χ3n) is 3.63. The van der Waals surface area contributed by atoms with E-state index in [4.69, 9.17) is 4.74 Å². The first-order valence-electron chi connectivity index (χ1n) is 7.48. The summed E-state index contributed by atoms with van der Waals surface area (Å²) in [6, 6.07) is 16.8. The van der Waals surface area contributed by atoms with Crippen LogP contribution in [0.25, 0.3) is 0 Å². The number of carbonyl (C=O) groups is 1. The molecule has 0 aliphatic rings. The fraction of sp³-hybridized carbons (Fsp3) is 0.176. The monoisotopic (exact) mass is 323 g/mol. The first-order valence-corrected chi connectivity index (χ1v) is 7.48. The van der Waals surface area contributed by atoms with E-state index in [2.05, 4.69) is 25.9 Å². The van der Waals surface area contributed by atoms with Gasteiger partial charge in [-0.05, 0) is 36.2 Å². The second-order valence-corrected chi connectivity index (χ2v) is 5.23. The number of rotatable bonds is 6. The summed E-state index contributed by atoms with van der Waals surface area (Å²) in [5, 5.41) is 16.8. The summed E-state index contributed by atoms with van der Waals surface area (Å²) >= 11 is 0. The summed E-state index contributed by atoms with van der Waals surface area (Å²) in [4.78, 5) is 12.7. The number of carbonyl (C=O) groups excluding carboxylic acids is 1. The Bertz CT molecular complexity index is 773. The van der Waals surface area contributed by atoms with E-state index in [1.807, 2.05) is 54.6 Å². The van der Waals surface area contributed by atoms with Gasteiger partial charge in [0, 0.05) is 5.69 Å². The third-order valence-corrected chi connectivity index (χ3v) is 3.63. The number of H-pyrrole nitrogens is 1. The van der Waals surface area contributed by atoms with Crippen LogP contribution in [0.3, 0.4) is 0 Å². The summed E-state index contributed by atoms with van der Waals surface area (Å²) in [7, 11) is 1.62. The van der Waals surface area contributed by atoms with Crippen molar-refractivity contribution in [1.29, 1.82) is 0 Å². The lowest BCUT2D eigenvalue weighted by atomic mass is 9.97. The molecule has 7 heteroatoms. The van der Waals surface area contributed by atoms with Crippen LogP contribution in [0.5, 0.6) is 5.75 Å². The lowest BCUT2D eigenvalue weighted by Gasteiger charge is -2.14. The minimum atomic E-state index is -0.544. The molecule has 24 heavy (non-hydrogen) atoms. The number of methoxy groups -OCH3 is 1. The molecule has 0 fully saturated rings. The zero-order valence-corrected chi connectivity index (χ0v) is 13.1. The van der Waals surface area contributed by atoms with Gasteiger partial charge in [0.1, 0.15) is 11.7 Å². The van der Waals surface area contributed by atoms with Crippen LogP contribution in [0.2, 0.25) is 0 Å². The molecule has 7 nitrogen and oxygen atoms in total. The van der Waals surface area contributed by atoms with Crippen molar-refractivity contribution in [2.24, 2.45) is 0 Å². The molecule has 0 saturated carbocycles. The van der Waals surface area contributed by atoms with Crippen LogP contribution in [0, 0.1) is 0 Å². The minimum Gasteiger partial charge on any atom is -0.497 e. The molecule has 0 bridgehead atoms. The summed E-state index contributed by atoms with van der Waals surface area (Å²) in [5.41, 5.74) is 1.71. The molecule has 1 aromatic heterocycles. The predicted molar refractivity (Wildman–Crippen MR) is 88.7 cm³/mol. The topological polar surface area (TPSA) is 92.8 Å². The Hall–Kier alpha value is -3.22. The largest absolute Gasteiger partial charge is 0.497 e. The third kappa shape index (κ3) is 3.75. The predicted octanol–water partition coefficient (Wildman–Crippen LogP) is 2.17. The van der Waals surface area contributed by atoms with Gasteiger partial charge in [-0.1, -0.05) is 35.5 Å². The number of para-hydroxylation sites is 1. The van der Waals surface area contributed by atoms with Gasteiger partial charge in [-0.15, -0.1) is 10.2 Å². The molecule has 1 unspecified atom stereocenters. The molecule has 1 heterocycles. The van der Waals surface area contributed by atoms with Gasteiger partial charge < -0.3 is 10.1 Å². The van der Waals surface area contributed by atoms with E-state index in [-0.39, 0.29) is 5.91 Å². The second kappa shape index (κ2) is 7.36. The van der Waals surface area contributed by atoms with Crippen molar-refractivity contribution in [2.45, 2.75) is 12.3 Å². The number of amides is 1. The fourth-order valence-electron chi connectivity index (χ4n) is 2.37. The first-order chi connectivity index (χ1) is 11.8. The van der Waals surface area contributed by atoms with Gasteiger partial charge in [-0.2, -0.15) is 5.21 Å². The lowest BCUT2D eigenvalue weighted by Crippen LogP contribution is -2.24. The van der Waals surface area contributed by atoms with Crippen molar-refractivity contribution >= 4 is 11.6 Å². The maximum Gasteiger partial charge on any atom is 0.235 e. The zero-order chi connectivity index (χ0) is 16.8. The SMILES string of the molecule is COc1ccc(CC(C(=O)Nc2ccccc2)c2nn[nH]n2)cc1. The molecule has 0 spiro atoms. The first kappa shape index (κ1) is 15.7. The second-order valence-electron chi connectivity index (χ2n) is 5.23. The van der Waals surface area contributed by atoms with Gasteiger partial charge in [0.05, 0.1) is 7.11 Å². The maximum absolute atomic E-state index is 12.7. The molecule has 2 N–H and O–H groups in total. The van der Waals surface area contributed by atoms with E-state index < -0.39 is 5.92 Å². The van der Waals surface area contributed by atoms with Crippen LogP contribution in [0.15, 0.2) is 54.6 Å². The van der Waals surface area contributed by atoms with Crippen molar-refractivity contribution in [3.8, 4) is 5.75 Å². The number of ether oxygens (including phenoxy) is 1. The van der Waals surface area contributed by atoms with E-state index in [0.29, 0.717) is 12.2 Å². The number of benzene rings is 2. The van der Waals surface area contributed by atoms with E-state index in [1.54, 1.807) is 7.11 Å². The quantitative estimate of drug-likeness (QED) is 0.725. The number of aromatic amines is 1. The van der Waals surface area contributed by atoms with Crippen LogP contribution in [0.1, 0.15) is 17.3 Å². The summed E-state index contributed by atoms with van der Waals surface area (Å²) in [6.07, 6.45) is 0.461. The Morgan fingerprint density at radius 3 is 2.54 bits per heavy atom. The Morgan fingerprint density at radius 1 is 1.17 bits per heavy atom. The van der Waals surface area contributed by atoms with Crippen molar-refractivity contribution in [1.82, 2.24) is 20.6 Å². The van der Waals surface area contributed by atoms with E-state index >= 15 is 0 Å². The maximum atomic E-state index is 12.7. The number of aromatic nitrogens is 4. The summed E-state index contributed by atoms with van der Waals surface area (Å²) < 4.78 is 5.15. The smallest absolute Gasteiger partial charge is 0.235 e. The number of tetrazole rings is 1. The highest BCUT2D eigenvalue weighted by Gasteiger charge is 2.25. The number of anilines is 1. The Balaban J connectivity index is 1.79. The van der Waals surface area contributed by atoms with Gasteiger partial charge in [-0.25, -0.2) is 0 Å². The van der Waals surface area contributed by atoms with Crippen LogP contribution in [-0.2, 0) is 11.2 Å². The number of hydrogen-bond acceptors (Lipinski definition) is 5. The van der Waals surface area contributed by atoms with Crippen LogP contribution >= 0.6 is 0 Å². The molecule has 0 saturated heterocycles. The Labute approximate surface area is 139 Å². The Kier molecular flexibility index (Phi) is 4.81. The van der Waals surface area contributed by atoms with E-state index in [9.17, 15) is 4.79 Å². The average Bonchev–Trinajstić information content (AvgIpc) is 3.15. The molecule has 0 aliphatic carbocycles. The van der Waals surface area contributed by atoms with E-state index in [0.717, 1.165) is 17.0 Å². The van der Waals surface area contributed by atoms with Crippen molar-refractivity contribution < 1.29 is 9.53 Å². The minimum absolute atomic E-state index is 0.182. The van der Waals surface area contributed by atoms with Gasteiger partial charge in [0.15, 0.2) is 5.82 Å². The highest BCUT2D eigenvalue weighted by molar-refractivity contribution is 5.95. The highest BCUT2D eigenvalue weighted by Crippen LogP contribution is 2.21. The molecule has 1 atom stereocenters. The lowest BCUT2D eigenvalue weighted by molar-refractivity contribution is -0.117. The van der Waals surface area contributed by atoms with Crippen molar-refractivity contribution in [3.63, 3.8) is 0 Å². The normalized spacial score (nSPS) is 11.7. The molecule has 2 aromatic carbocycles. The highest BCUT2D eigenvalue weighted by atomic mass is 16.5. The molecule has 0 radical (unpaired) electrons. The molecule has 122 valence electrons. The van der Waals surface area contributed by atoms with E-state index in [1.165, 1.54) is 0 Å². The van der Waals surface area contributed by atoms with Crippen molar-refractivity contribution in [3.05, 3.63) is 66.0 Å². The van der Waals surface area contributed by atoms with Crippen LogP contribution in [-0.4, -0.2) is 33.6 Å². The average molecular weight is 323 g/mol. The van der Waals surface area contributed by atoms with Gasteiger partial charge in [-0.3, -0.25) is 4.79 Å². The molecule has 3 aromatic rings. The zero-order valence-electron chi connectivity index (χ0n) is 13.1. The standard InChI is InChI=1S/C17H17N5O2/c1-24-14-9-7-12(8-10-14)11-15(16-19-21-22-20-16)17(23)18-13-5-3-2-4-6-13/h2-10,15H,11H2,1H3,(H,18,23)(H,19,20,21,22). The number of nitrogens with zero attached hydrogens (tertiary/aromatic N) is 3. The molecule has 0 aliphatic heterocycles. The van der Waals surface area contributed by atoms with Gasteiger partial charge in [0.2, 0.25) is 5.91 Å². The molecular weight excluding hydrogens is 306 g/mol. The molecule has 3 rings (SSSR count). The van der Waals surface area contributed by atoms with Gasteiger partial charge >= 0.3 is 0 Å². The Morgan fingerprint density at radius 2 is 1.92 bits per heavy atom. The molecule has 1 amide bonds. The summed E-state index contributed by atoms with van der Waals surface area (Å²) in [5.74, 6) is 0.401. The van der Waals surface area contributed by atoms with Gasteiger partial charge in [0.25, 0.3) is 0 Å². The molecular formula is C17H17N5O2. The van der Waals surface area contributed by atoms with Crippen LogP contribution in [0.4, 0.5) is 5.69 Å². The van der Waals surface area contributed by atoms with Crippen molar-refractivity contribution in [2.75, 3.05) is 12.4 Å². The number of nitrogens with one attached hydrogen (secondary N) is 2. The van der Waals surface area contributed by atoms with Crippen LogP contribution < -0.4 is 10.1 Å². The fourth-order valence-corrected chi connectivity index (χ4v) is 2.37. The summed E-state index contributed by atoms with van der Waals surface area (Å²) in [6.45, 7) is 0. The number of hydrogen-bond donors (Lipinski definition) is 2.